The SMILES string of the molecule is CN(C)c1ccc(C(=O)Nc2c(Cl)ncnc2Cl)cc1N. The number of nitrogens with zero attached hydrogens (tertiary/aromatic N) is 3. The van der Waals surface area contributed by atoms with Gasteiger partial charge in [-0.25, -0.2) is 9.97 Å². The first-order valence-electron chi connectivity index (χ1n) is 5.94. The van der Waals surface area contributed by atoms with E-state index >= 15 is 0 Å². The molecule has 2 aromatic rings. The molecule has 6 nitrogen and oxygen atoms in total. The molecule has 0 aliphatic carbocycles. The minimum atomic E-state index is -0.398. The molecule has 1 amide bonds. The molecule has 21 heavy (non-hydrogen) atoms. The van der Waals surface area contributed by atoms with Crippen LogP contribution in [0.3, 0.4) is 0 Å². The molecule has 0 spiro atoms. The number of rotatable bonds is 3. The van der Waals surface area contributed by atoms with Gasteiger partial charge in [-0.1, -0.05) is 23.2 Å². The summed E-state index contributed by atoms with van der Waals surface area (Å²) in [7, 11) is 3.73. The van der Waals surface area contributed by atoms with Gasteiger partial charge in [-0.15, -0.1) is 0 Å². The Morgan fingerprint density at radius 1 is 1.24 bits per heavy atom. The number of nitrogens with one attached hydrogen (secondary N) is 1. The Kier molecular flexibility index (Phi) is 4.50. The summed E-state index contributed by atoms with van der Waals surface area (Å²) in [5, 5.41) is 2.71. The van der Waals surface area contributed by atoms with Crippen molar-refractivity contribution in [2.24, 2.45) is 0 Å². The van der Waals surface area contributed by atoms with Crippen LogP contribution in [-0.2, 0) is 0 Å². The van der Waals surface area contributed by atoms with Crippen molar-refractivity contribution in [2.75, 3.05) is 30.0 Å². The number of amides is 1. The fourth-order valence-corrected chi connectivity index (χ4v) is 2.15. The first-order valence-corrected chi connectivity index (χ1v) is 6.70. The Hall–Kier alpha value is -2.05. The molecule has 0 unspecified atom stereocenters. The minimum absolute atomic E-state index is 0.0706. The first kappa shape index (κ1) is 15.3. The summed E-state index contributed by atoms with van der Waals surface area (Å²) in [6.07, 6.45) is 1.21. The van der Waals surface area contributed by atoms with Gasteiger partial charge in [0.05, 0.1) is 11.4 Å². The Balaban J connectivity index is 2.27. The summed E-state index contributed by atoms with van der Waals surface area (Å²) in [6.45, 7) is 0. The number of hydrogen-bond donors (Lipinski definition) is 2. The van der Waals surface area contributed by atoms with Gasteiger partial charge in [0.25, 0.3) is 5.91 Å². The fraction of sp³-hybridized carbons (Fsp3) is 0.154. The Morgan fingerprint density at radius 2 is 1.86 bits per heavy atom. The number of halogens is 2. The zero-order valence-corrected chi connectivity index (χ0v) is 12.9. The second kappa shape index (κ2) is 6.15. The van der Waals surface area contributed by atoms with Gasteiger partial charge in [-0.3, -0.25) is 4.79 Å². The predicted molar refractivity (Wildman–Crippen MR) is 85.2 cm³/mol. The smallest absolute Gasteiger partial charge is 0.255 e. The standard InChI is InChI=1S/C13H13Cl2N5O/c1-20(2)9-4-3-7(5-8(9)16)13(21)19-10-11(14)17-6-18-12(10)15/h3-6H,16H2,1-2H3,(H,19,21). The van der Waals surface area contributed by atoms with Crippen molar-refractivity contribution in [1.82, 2.24) is 9.97 Å². The van der Waals surface area contributed by atoms with Gasteiger partial charge in [0, 0.05) is 19.7 Å². The van der Waals surface area contributed by atoms with Gasteiger partial charge < -0.3 is 16.0 Å². The maximum Gasteiger partial charge on any atom is 0.255 e. The molecule has 110 valence electrons. The Morgan fingerprint density at radius 3 is 2.38 bits per heavy atom. The maximum atomic E-state index is 12.2. The molecular formula is C13H13Cl2N5O. The lowest BCUT2D eigenvalue weighted by Crippen LogP contribution is -2.15. The summed E-state index contributed by atoms with van der Waals surface area (Å²) in [5.41, 5.74) is 7.79. The number of benzene rings is 1. The minimum Gasteiger partial charge on any atom is -0.397 e. The molecule has 1 aromatic carbocycles. The maximum absolute atomic E-state index is 12.2. The highest BCUT2D eigenvalue weighted by atomic mass is 35.5. The van der Waals surface area contributed by atoms with Crippen LogP contribution in [0.25, 0.3) is 0 Å². The lowest BCUT2D eigenvalue weighted by molar-refractivity contribution is 0.102. The van der Waals surface area contributed by atoms with Crippen molar-refractivity contribution in [2.45, 2.75) is 0 Å². The zero-order chi connectivity index (χ0) is 15.6. The fourth-order valence-electron chi connectivity index (χ4n) is 1.74. The van der Waals surface area contributed by atoms with Gasteiger partial charge in [0.15, 0.2) is 10.3 Å². The van der Waals surface area contributed by atoms with Gasteiger partial charge in [-0.05, 0) is 18.2 Å². The van der Waals surface area contributed by atoms with Crippen LogP contribution in [0.4, 0.5) is 17.1 Å². The number of carbonyl (C=O) groups is 1. The van der Waals surface area contributed by atoms with Crippen LogP contribution in [-0.4, -0.2) is 30.0 Å². The molecule has 3 N–H and O–H groups in total. The zero-order valence-electron chi connectivity index (χ0n) is 11.4. The molecule has 0 aliphatic rings. The Bertz CT molecular complexity index is 670. The van der Waals surface area contributed by atoms with Crippen molar-refractivity contribution in [3.05, 3.63) is 40.4 Å². The number of anilines is 3. The van der Waals surface area contributed by atoms with Gasteiger partial charge in [0.2, 0.25) is 0 Å². The highest BCUT2D eigenvalue weighted by Gasteiger charge is 2.14. The van der Waals surface area contributed by atoms with Crippen LogP contribution in [0, 0.1) is 0 Å². The molecule has 2 rings (SSSR count). The molecule has 0 aliphatic heterocycles. The largest absolute Gasteiger partial charge is 0.397 e. The van der Waals surface area contributed by atoms with Crippen LogP contribution in [0.15, 0.2) is 24.5 Å². The molecule has 1 heterocycles. The van der Waals surface area contributed by atoms with Crippen molar-refractivity contribution < 1.29 is 4.79 Å². The third kappa shape index (κ3) is 3.34. The average Bonchev–Trinajstić information content (AvgIpc) is 2.42. The van der Waals surface area contributed by atoms with E-state index in [1.54, 1.807) is 18.2 Å². The topological polar surface area (TPSA) is 84.1 Å². The number of hydrogen-bond acceptors (Lipinski definition) is 5. The van der Waals surface area contributed by atoms with E-state index in [2.05, 4.69) is 15.3 Å². The van der Waals surface area contributed by atoms with E-state index in [0.29, 0.717) is 11.3 Å². The van der Waals surface area contributed by atoms with E-state index in [9.17, 15) is 4.79 Å². The van der Waals surface area contributed by atoms with Crippen molar-refractivity contribution in [1.29, 1.82) is 0 Å². The van der Waals surface area contributed by atoms with E-state index in [1.807, 2.05) is 19.0 Å². The second-order valence-electron chi connectivity index (χ2n) is 4.45. The van der Waals surface area contributed by atoms with Gasteiger partial charge in [-0.2, -0.15) is 0 Å². The third-order valence-electron chi connectivity index (χ3n) is 2.76. The van der Waals surface area contributed by atoms with E-state index in [0.717, 1.165) is 5.69 Å². The van der Waals surface area contributed by atoms with E-state index < -0.39 is 5.91 Å². The van der Waals surface area contributed by atoms with Crippen molar-refractivity contribution in [3.8, 4) is 0 Å². The van der Waals surface area contributed by atoms with Crippen LogP contribution in [0.1, 0.15) is 10.4 Å². The normalized spacial score (nSPS) is 10.3. The number of nitrogen functional groups attached to an aromatic ring is 1. The van der Waals surface area contributed by atoms with Crippen LogP contribution < -0.4 is 16.0 Å². The number of nitrogens with two attached hydrogens (primary N) is 1. The number of carbonyl (C=O) groups excluding carboxylic acids is 1. The molecule has 0 fully saturated rings. The number of aromatic nitrogens is 2. The molecule has 8 heteroatoms. The molecule has 0 saturated heterocycles. The molecule has 0 bridgehead atoms. The summed E-state index contributed by atoms with van der Waals surface area (Å²) in [6, 6.07) is 5.00. The molecule has 0 radical (unpaired) electrons. The summed E-state index contributed by atoms with van der Waals surface area (Å²) < 4.78 is 0. The molecule has 0 atom stereocenters. The van der Waals surface area contributed by atoms with E-state index in [1.165, 1.54) is 6.33 Å². The monoisotopic (exact) mass is 325 g/mol. The Labute approximate surface area is 131 Å². The molecule has 1 aromatic heterocycles. The van der Waals surface area contributed by atoms with E-state index in [-0.39, 0.29) is 16.0 Å². The summed E-state index contributed by atoms with van der Waals surface area (Å²) in [4.78, 5) is 21.6. The van der Waals surface area contributed by atoms with Crippen LogP contribution in [0.2, 0.25) is 10.3 Å². The first-order chi connectivity index (χ1) is 9.90. The lowest BCUT2D eigenvalue weighted by atomic mass is 10.1. The van der Waals surface area contributed by atoms with Crippen LogP contribution >= 0.6 is 23.2 Å². The molecule has 0 saturated carbocycles. The third-order valence-corrected chi connectivity index (χ3v) is 3.34. The summed E-state index contributed by atoms with van der Waals surface area (Å²) >= 11 is 11.8. The highest BCUT2D eigenvalue weighted by molar-refractivity contribution is 6.38. The van der Waals surface area contributed by atoms with Gasteiger partial charge >= 0.3 is 0 Å². The lowest BCUT2D eigenvalue weighted by Gasteiger charge is -2.16. The van der Waals surface area contributed by atoms with Crippen molar-refractivity contribution in [3.63, 3.8) is 0 Å². The predicted octanol–water partition coefficient (Wildman–Crippen LogP) is 2.68. The van der Waals surface area contributed by atoms with Crippen molar-refractivity contribution >= 4 is 46.2 Å². The van der Waals surface area contributed by atoms with Gasteiger partial charge in [0.1, 0.15) is 12.0 Å². The average molecular weight is 326 g/mol. The quantitative estimate of drug-likeness (QED) is 0.669. The molecular weight excluding hydrogens is 313 g/mol. The summed E-state index contributed by atoms with van der Waals surface area (Å²) in [5.74, 6) is -0.398. The van der Waals surface area contributed by atoms with Crippen LogP contribution in [0.5, 0.6) is 0 Å². The van der Waals surface area contributed by atoms with E-state index in [4.69, 9.17) is 28.9 Å². The second-order valence-corrected chi connectivity index (χ2v) is 5.17. The highest BCUT2D eigenvalue weighted by Crippen LogP contribution is 2.27.